The summed E-state index contributed by atoms with van der Waals surface area (Å²) in [7, 11) is 0. The van der Waals surface area contributed by atoms with E-state index in [0.29, 0.717) is 11.5 Å². The fourth-order valence-electron chi connectivity index (χ4n) is 3.35. The van der Waals surface area contributed by atoms with Crippen LogP contribution in [-0.2, 0) is 0 Å². The molecule has 1 aliphatic rings. The van der Waals surface area contributed by atoms with E-state index < -0.39 is 11.6 Å². The molecule has 2 heteroatoms. The number of rotatable bonds is 2. The van der Waals surface area contributed by atoms with Gasteiger partial charge < -0.3 is 0 Å². The molecular formula is C22H28F2. The summed E-state index contributed by atoms with van der Waals surface area (Å²) in [5, 5.41) is 0. The monoisotopic (exact) mass is 330 g/mol. The molecule has 0 N–H and O–H groups in total. The Morgan fingerprint density at radius 3 is 1.79 bits per heavy atom. The van der Waals surface area contributed by atoms with Gasteiger partial charge in [0, 0.05) is 5.56 Å². The number of hydrogen-bond donors (Lipinski definition) is 0. The molecule has 3 rings (SSSR count). The molecule has 24 heavy (non-hydrogen) atoms. The van der Waals surface area contributed by atoms with E-state index in [0.717, 1.165) is 11.5 Å². The van der Waals surface area contributed by atoms with Crippen LogP contribution in [0.1, 0.15) is 63.5 Å². The van der Waals surface area contributed by atoms with Gasteiger partial charge in [0.2, 0.25) is 0 Å². The molecular weight excluding hydrogens is 302 g/mol. The summed E-state index contributed by atoms with van der Waals surface area (Å²) in [6.07, 6.45) is 5.07. The average Bonchev–Trinajstić information content (AvgIpc) is 2.62. The molecule has 2 aromatic carbocycles. The molecule has 1 saturated carbocycles. The molecule has 0 radical (unpaired) electrons. The Morgan fingerprint density at radius 2 is 1.29 bits per heavy atom. The van der Waals surface area contributed by atoms with Crippen LogP contribution in [0.5, 0.6) is 0 Å². The second-order valence-corrected chi connectivity index (χ2v) is 6.64. The summed E-state index contributed by atoms with van der Waals surface area (Å²) in [6.45, 7) is 7.78. The Labute approximate surface area is 144 Å². The predicted octanol–water partition coefficient (Wildman–Crippen LogP) is 7.26. The number of halogens is 2. The van der Waals surface area contributed by atoms with Gasteiger partial charge in [0.15, 0.2) is 0 Å². The standard InChI is InChI=1S/C20H22F2.C2H6/c1-13-3-5-15(6-4-13)16-7-9-17(10-8-16)18-11-19(21)14(2)20(22)12-18;1-2/h7-13,15H,3-6H2,1-2H3;1-2H3. The Kier molecular flexibility index (Phi) is 6.53. The van der Waals surface area contributed by atoms with Crippen molar-refractivity contribution in [1.29, 1.82) is 0 Å². The van der Waals surface area contributed by atoms with E-state index in [9.17, 15) is 8.78 Å². The minimum atomic E-state index is -0.486. The van der Waals surface area contributed by atoms with E-state index in [1.807, 2.05) is 26.0 Å². The third-order valence-corrected chi connectivity index (χ3v) is 5.01. The molecule has 1 fully saturated rings. The molecule has 0 bridgehead atoms. The molecule has 0 unspecified atom stereocenters. The van der Waals surface area contributed by atoms with Crippen LogP contribution in [0.25, 0.3) is 11.1 Å². The maximum atomic E-state index is 13.7. The molecule has 0 atom stereocenters. The number of benzene rings is 2. The van der Waals surface area contributed by atoms with Crippen molar-refractivity contribution in [2.45, 2.75) is 59.3 Å². The van der Waals surface area contributed by atoms with Crippen molar-refractivity contribution >= 4 is 0 Å². The minimum absolute atomic E-state index is 0.0803. The Hall–Kier alpha value is -1.70. The quantitative estimate of drug-likeness (QED) is 0.543. The molecule has 0 aromatic heterocycles. The van der Waals surface area contributed by atoms with Crippen molar-refractivity contribution in [2.24, 2.45) is 5.92 Å². The summed E-state index contributed by atoms with van der Waals surface area (Å²) in [4.78, 5) is 0. The first-order valence-corrected chi connectivity index (χ1v) is 9.10. The van der Waals surface area contributed by atoms with Crippen molar-refractivity contribution in [1.82, 2.24) is 0 Å². The molecule has 1 aliphatic carbocycles. The van der Waals surface area contributed by atoms with Crippen LogP contribution in [0.15, 0.2) is 36.4 Å². The van der Waals surface area contributed by atoms with Gasteiger partial charge in [0.25, 0.3) is 0 Å². The highest BCUT2D eigenvalue weighted by Crippen LogP contribution is 2.36. The van der Waals surface area contributed by atoms with Gasteiger partial charge in [-0.25, -0.2) is 8.78 Å². The van der Waals surface area contributed by atoms with Crippen LogP contribution in [0, 0.1) is 24.5 Å². The Bertz CT molecular complexity index is 627. The lowest BCUT2D eigenvalue weighted by molar-refractivity contribution is 0.348. The van der Waals surface area contributed by atoms with Gasteiger partial charge in [-0.1, -0.05) is 57.9 Å². The van der Waals surface area contributed by atoms with E-state index in [1.165, 1.54) is 50.3 Å². The zero-order valence-electron chi connectivity index (χ0n) is 15.2. The fraction of sp³-hybridized carbons (Fsp3) is 0.455. The molecule has 0 aliphatic heterocycles. The van der Waals surface area contributed by atoms with Gasteiger partial charge in [-0.3, -0.25) is 0 Å². The molecule has 0 amide bonds. The van der Waals surface area contributed by atoms with Gasteiger partial charge in [-0.15, -0.1) is 0 Å². The van der Waals surface area contributed by atoms with Crippen LogP contribution in [0.4, 0.5) is 8.78 Å². The van der Waals surface area contributed by atoms with Crippen molar-refractivity contribution in [3.05, 3.63) is 59.2 Å². The van der Waals surface area contributed by atoms with Crippen LogP contribution in [0.2, 0.25) is 0 Å². The van der Waals surface area contributed by atoms with Gasteiger partial charge in [0.05, 0.1) is 0 Å². The smallest absolute Gasteiger partial charge is 0.129 e. The van der Waals surface area contributed by atoms with Crippen molar-refractivity contribution in [3.8, 4) is 11.1 Å². The largest absolute Gasteiger partial charge is 0.207 e. The van der Waals surface area contributed by atoms with Crippen LogP contribution < -0.4 is 0 Å². The van der Waals surface area contributed by atoms with Gasteiger partial charge in [-0.05, 0) is 60.4 Å². The zero-order chi connectivity index (χ0) is 17.7. The molecule has 0 spiro atoms. The Morgan fingerprint density at radius 1 is 0.792 bits per heavy atom. The van der Waals surface area contributed by atoms with Gasteiger partial charge in [0.1, 0.15) is 11.6 Å². The lowest BCUT2D eigenvalue weighted by atomic mass is 9.79. The predicted molar refractivity (Wildman–Crippen MR) is 98.3 cm³/mol. The van der Waals surface area contributed by atoms with E-state index >= 15 is 0 Å². The average molecular weight is 330 g/mol. The molecule has 0 heterocycles. The topological polar surface area (TPSA) is 0 Å². The summed E-state index contributed by atoms with van der Waals surface area (Å²) < 4.78 is 27.4. The second-order valence-electron chi connectivity index (χ2n) is 6.64. The third kappa shape index (κ3) is 4.23. The third-order valence-electron chi connectivity index (χ3n) is 5.01. The molecule has 0 nitrogen and oxygen atoms in total. The van der Waals surface area contributed by atoms with Gasteiger partial charge in [-0.2, -0.15) is 0 Å². The first-order chi connectivity index (χ1) is 11.5. The molecule has 0 saturated heterocycles. The summed E-state index contributed by atoms with van der Waals surface area (Å²) in [5.74, 6) is 0.506. The minimum Gasteiger partial charge on any atom is -0.207 e. The molecule has 2 aromatic rings. The highest BCUT2D eigenvalue weighted by atomic mass is 19.1. The van der Waals surface area contributed by atoms with Crippen LogP contribution in [0.3, 0.4) is 0 Å². The fourth-order valence-corrected chi connectivity index (χ4v) is 3.35. The Balaban J connectivity index is 0.00000100. The summed E-state index contributed by atoms with van der Waals surface area (Å²) in [5.41, 5.74) is 2.90. The van der Waals surface area contributed by atoms with E-state index in [2.05, 4.69) is 19.1 Å². The van der Waals surface area contributed by atoms with Crippen LogP contribution >= 0.6 is 0 Å². The maximum Gasteiger partial charge on any atom is 0.129 e. The van der Waals surface area contributed by atoms with E-state index in [-0.39, 0.29) is 5.56 Å². The summed E-state index contributed by atoms with van der Waals surface area (Å²) in [6, 6.07) is 11.0. The van der Waals surface area contributed by atoms with E-state index in [1.54, 1.807) is 0 Å². The lowest BCUT2D eigenvalue weighted by Crippen LogP contribution is -2.10. The normalized spacial score (nSPS) is 20.2. The lowest BCUT2D eigenvalue weighted by Gasteiger charge is -2.26. The maximum absolute atomic E-state index is 13.7. The first kappa shape index (κ1) is 18.6. The van der Waals surface area contributed by atoms with Crippen LogP contribution in [-0.4, -0.2) is 0 Å². The highest BCUT2D eigenvalue weighted by Gasteiger charge is 2.19. The highest BCUT2D eigenvalue weighted by molar-refractivity contribution is 5.64. The zero-order valence-corrected chi connectivity index (χ0v) is 15.2. The van der Waals surface area contributed by atoms with Crippen molar-refractivity contribution < 1.29 is 8.78 Å². The van der Waals surface area contributed by atoms with Crippen molar-refractivity contribution in [3.63, 3.8) is 0 Å². The number of hydrogen-bond acceptors (Lipinski definition) is 0. The van der Waals surface area contributed by atoms with E-state index in [4.69, 9.17) is 0 Å². The second kappa shape index (κ2) is 8.41. The molecule has 130 valence electrons. The first-order valence-electron chi connectivity index (χ1n) is 9.10. The van der Waals surface area contributed by atoms with Crippen molar-refractivity contribution in [2.75, 3.05) is 0 Å². The SMILES string of the molecule is CC.Cc1c(F)cc(-c2ccc(C3CCC(C)CC3)cc2)cc1F. The summed E-state index contributed by atoms with van der Waals surface area (Å²) >= 11 is 0. The van der Waals surface area contributed by atoms with Gasteiger partial charge >= 0.3 is 0 Å².